The maximum atomic E-state index is 10.4. The van der Waals surface area contributed by atoms with Crippen molar-refractivity contribution in [2.45, 2.75) is 32.5 Å². The topological polar surface area (TPSA) is 54.3 Å². The number of ether oxygens (including phenoxy) is 2. The molecular weight excluding hydrogens is 384 g/mol. The van der Waals surface area contributed by atoms with Crippen molar-refractivity contribution in [3.63, 3.8) is 0 Å². The van der Waals surface area contributed by atoms with Crippen LogP contribution in [0.15, 0.2) is 59.0 Å². The van der Waals surface area contributed by atoms with Gasteiger partial charge in [-0.3, -0.25) is 0 Å². The highest BCUT2D eigenvalue weighted by atomic mass is 32.1. The number of hydrazone groups is 1. The van der Waals surface area contributed by atoms with E-state index in [2.05, 4.69) is 24.4 Å². The third-order valence-corrected chi connectivity index (χ3v) is 6.47. The van der Waals surface area contributed by atoms with Gasteiger partial charge in [0, 0.05) is 17.5 Å². The molecule has 2 aliphatic rings. The summed E-state index contributed by atoms with van der Waals surface area (Å²) in [5.74, 6) is 1.81. The Balaban J connectivity index is 1.64. The molecule has 0 aliphatic carbocycles. The van der Waals surface area contributed by atoms with Crippen LogP contribution in [0.25, 0.3) is 0 Å². The van der Waals surface area contributed by atoms with Crippen molar-refractivity contribution in [2.24, 2.45) is 5.10 Å². The van der Waals surface area contributed by atoms with Crippen molar-refractivity contribution in [1.82, 2.24) is 5.01 Å². The first-order valence-corrected chi connectivity index (χ1v) is 10.7. The van der Waals surface area contributed by atoms with Gasteiger partial charge >= 0.3 is 0 Å². The largest absolute Gasteiger partial charge is 0.507 e. The summed E-state index contributed by atoms with van der Waals surface area (Å²) < 4.78 is 12.4. The Morgan fingerprint density at radius 3 is 2.83 bits per heavy atom. The molecule has 0 saturated carbocycles. The van der Waals surface area contributed by atoms with Gasteiger partial charge in [0.2, 0.25) is 6.23 Å². The van der Waals surface area contributed by atoms with Gasteiger partial charge in [-0.15, -0.1) is 11.3 Å². The number of phenols is 1. The molecule has 2 aromatic carbocycles. The van der Waals surface area contributed by atoms with Gasteiger partial charge in [-0.2, -0.15) is 5.10 Å². The highest BCUT2D eigenvalue weighted by Crippen LogP contribution is 2.52. The van der Waals surface area contributed by atoms with Crippen LogP contribution in [0.4, 0.5) is 0 Å². The Bertz CT molecular complexity index is 1090. The van der Waals surface area contributed by atoms with E-state index in [0.717, 1.165) is 33.2 Å². The van der Waals surface area contributed by atoms with E-state index in [4.69, 9.17) is 14.6 Å². The highest BCUT2D eigenvalue weighted by molar-refractivity contribution is 7.10. The van der Waals surface area contributed by atoms with Gasteiger partial charge in [0.1, 0.15) is 5.75 Å². The second-order valence-corrected chi connectivity index (χ2v) is 8.16. The second-order valence-electron chi connectivity index (χ2n) is 7.21. The Kier molecular flexibility index (Phi) is 4.43. The molecule has 0 amide bonds. The van der Waals surface area contributed by atoms with Crippen molar-refractivity contribution in [3.05, 3.63) is 75.5 Å². The molecule has 0 bridgehead atoms. The number of nitrogens with zero attached hydrogens (tertiary/aromatic N) is 2. The fourth-order valence-electron chi connectivity index (χ4n) is 4.04. The lowest BCUT2D eigenvalue weighted by Crippen LogP contribution is -2.33. The Morgan fingerprint density at radius 2 is 2.07 bits per heavy atom. The third-order valence-electron chi connectivity index (χ3n) is 5.42. The molecule has 1 aromatic heterocycles. The number of aryl methyl sites for hydroxylation is 1. The van der Waals surface area contributed by atoms with E-state index in [1.807, 2.05) is 42.3 Å². The molecule has 1 N–H and O–H groups in total. The van der Waals surface area contributed by atoms with Crippen LogP contribution in [-0.4, -0.2) is 22.4 Å². The van der Waals surface area contributed by atoms with Crippen LogP contribution in [0.2, 0.25) is 0 Å². The number of phenolic OH excluding ortho intramolecular Hbond substituents is 1. The molecule has 5 nitrogen and oxygen atoms in total. The van der Waals surface area contributed by atoms with Gasteiger partial charge in [0.25, 0.3) is 0 Å². The number of benzene rings is 2. The van der Waals surface area contributed by atoms with Gasteiger partial charge in [-0.05, 0) is 49.1 Å². The zero-order valence-electron chi connectivity index (χ0n) is 16.3. The molecule has 0 spiro atoms. The SMILES string of the molecule is CCOc1cccc2c1O[C@@H](c1sccc1C)N1N=C(c3ccccc3O)C[C@H]21. The molecule has 5 rings (SSSR count). The van der Waals surface area contributed by atoms with Gasteiger partial charge in [-0.1, -0.05) is 24.3 Å². The minimum Gasteiger partial charge on any atom is -0.507 e. The van der Waals surface area contributed by atoms with Crippen molar-refractivity contribution >= 4 is 17.0 Å². The second kappa shape index (κ2) is 7.12. The van der Waals surface area contributed by atoms with Crippen molar-refractivity contribution in [1.29, 1.82) is 0 Å². The molecular formula is C23H22N2O3S. The monoisotopic (exact) mass is 406 g/mol. The predicted octanol–water partition coefficient (Wildman–Crippen LogP) is 5.40. The predicted molar refractivity (Wildman–Crippen MR) is 114 cm³/mol. The summed E-state index contributed by atoms with van der Waals surface area (Å²) in [5, 5.41) is 19.4. The highest BCUT2D eigenvalue weighted by Gasteiger charge is 2.43. The van der Waals surface area contributed by atoms with E-state index in [-0.39, 0.29) is 18.0 Å². The number of thiophene rings is 1. The smallest absolute Gasteiger partial charge is 0.223 e. The van der Waals surface area contributed by atoms with Crippen LogP contribution in [0.3, 0.4) is 0 Å². The quantitative estimate of drug-likeness (QED) is 0.630. The van der Waals surface area contributed by atoms with Crippen LogP contribution in [-0.2, 0) is 0 Å². The summed E-state index contributed by atoms with van der Waals surface area (Å²) in [6.45, 7) is 4.65. The molecule has 6 heteroatoms. The zero-order chi connectivity index (χ0) is 20.0. The number of para-hydroxylation sites is 2. The minimum absolute atomic E-state index is 0.0280. The molecule has 0 saturated heterocycles. The van der Waals surface area contributed by atoms with E-state index in [0.29, 0.717) is 13.0 Å². The maximum Gasteiger partial charge on any atom is 0.223 e. The van der Waals surface area contributed by atoms with Gasteiger partial charge in [0.15, 0.2) is 11.5 Å². The van der Waals surface area contributed by atoms with Crippen LogP contribution in [0.5, 0.6) is 17.2 Å². The molecule has 148 valence electrons. The van der Waals surface area contributed by atoms with Gasteiger partial charge < -0.3 is 14.6 Å². The summed E-state index contributed by atoms with van der Waals surface area (Å²) in [6, 6.07) is 15.5. The summed E-state index contributed by atoms with van der Waals surface area (Å²) in [4.78, 5) is 1.13. The van der Waals surface area contributed by atoms with Crippen molar-refractivity contribution in [3.8, 4) is 17.2 Å². The summed E-state index contributed by atoms with van der Waals surface area (Å²) in [7, 11) is 0. The Labute approximate surface area is 173 Å². The zero-order valence-corrected chi connectivity index (χ0v) is 17.1. The minimum atomic E-state index is -0.322. The number of rotatable bonds is 4. The number of hydrogen-bond donors (Lipinski definition) is 1. The van der Waals surface area contributed by atoms with Crippen LogP contribution >= 0.6 is 11.3 Å². The van der Waals surface area contributed by atoms with E-state index in [9.17, 15) is 5.11 Å². The molecule has 3 aromatic rings. The van der Waals surface area contributed by atoms with Crippen molar-refractivity contribution in [2.75, 3.05) is 6.61 Å². The Hall–Kier alpha value is -2.99. The summed E-state index contributed by atoms with van der Waals surface area (Å²) >= 11 is 1.67. The number of fused-ring (bicyclic) bond motifs is 3. The maximum absolute atomic E-state index is 10.4. The first kappa shape index (κ1) is 18.1. The normalized spacial score (nSPS) is 19.9. The summed E-state index contributed by atoms with van der Waals surface area (Å²) in [5.41, 5.74) is 3.88. The molecule has 3 heterocycles. The average Bonchev–Trinajstić information content (AvgIpc) is 3.35. The van der Waals surface area contributed by atoms with Crippen LogP contribution in [0, 0.1) is 6.92 Å². The first-order chi connectivity index (χ1) is 14.2. The van der Waals surface area contributed by atoms with Crippen LogP contribution < -0.4 is 9.47 Å². The first-order valence-electron chi connectivity index (χ1n) is 9.78. The average molecular weight is 407 g/mol. The third kappa shape index (κ3) is 2.95. The van der Waals surface area contributed by atoms with E-state index >= 15 is 0 Å². The molecule has 2 atom stereocenters. The molecule has 0 unspecified atom stereocenters. The lowest BCUT2D eigenvalue weighted by molar-refractivity contribution is -0.0191. The summed E-state index contributed by atoms with van der Waals surface area (Å²) in [6.07, 6.45) is 0.377. The van der Waals surface area contributed by atoms with E-state index in [1.165, 1.54) is 5.56 Å². The van der Waals surface area contributed by atoms with Gasteiger partial charge in [0.05, 0.1) is 23.2 Å². The fourth-order valence-corrected chi connectivity index (χ4v) is 4.99. The Morgan fingerprint density at radius 1 is 1.21 bits per heavy atom. The standard InChI is InChI=1S/C23H22N2O3S/c1-3-27-20-10-6-8-16-18-13-17(15-7-4-5-9-19(15)26)24-25(18)23(28-21(16)20)22-14(2)11-12-29-22/h4-12,18,23,26H,3,13H2,1-2H3/t18-,23+/m1/s1. The molecule has 2 aliphatic heterocycles. The van der Waals surface area contributed by atoms with Gasteiger partial charge in [-0.25, -0.2) is 5.01 Å². The molecule has 29 heavy (non-hydrogen) atoms. The van der Waals surface area contributed by atoms with E-state index in [1.54, 1.807) is 17.4 Å². The lowest BCUT2D eigenvalue weighted by Gasteiger charge is -2.38. The number of hydrogen-bond acceptors (Lipinski definition) is 6. The fraction of sp³-hybridized carbons (Fsp3) is 0.261. The lowest BCUT2D eigenvalue weighted by atomic mass is 9.95. The van der Waals surface area contributed by atoms with E-state index < -0.39 is 0 Å². The molecule has 0 radical (unpaired) electrons. The number of aromatic hydroxyl groups is 1. The van der Waals surface area contributed by atoms with Crippen molar-refractivity contribution < 1.29 is 14.6 Å². The molecule has 0 fully saturated rings. The van der Waals surface area contributed by atoms with Crippen LogP contribution in [0.1, 0.15) is 47.2 Å².